The lowest BCUT2D eigenvalue weighted by molar-refractivity contribution is -0.135. The van der Waals surface area contributed by atoms with Gasteiger partial charge in [-0.1, -0.05) is 69.9 Å². The Balaban J connectivity index is 3.37. The van der Waals surface area contributed by atoms with Gasteiger partial charge < -0.3 is 4.43 Å². The Kier molecular flexibility index (Phi) is 15.3. The van der Waals surface area contributed by atoms with E-state index in [0.717, 1.165) is 12.8 Å². The molecule has 0 rings (SSSR count). The van der Waals surface area contributed by atoms with Crippen LogP contribution in [-0.2, 0) is 9.22 Å². The number of carbonyl (C=O) groups is 1. The molecule has 0 aromatic rings. The van der Waals surface area contributed by atoms with Crippen LogP contribution >= 0.6 is 0 Å². The van der Waals surface area contributed by atoms with Crippen molar-refractivity contribution in [2.45, 2.75) is 123 Å². The van der Waals surface area contributed by atoms with Crippen molar-refractivity contribution < 1.29 is 9.22 Å². The standard InChI is InChI=1S/C22H44O2Si/c1-6-7-8-15-18-21(2)19-16-13-11-9-10-12-14-17-20-22(23)24-25(3,4)5/h19H,6-18,20H2,1-5H3/b21-19+. The van der Waals surface area contributed by atoms with Crippen LogP contribution in [0.4, 0.5) is 0 Å². The molecule has 0 aliphatic carbocycles. The zero-order valence-corrected chi connectivity index (χ0v) is 18.8. The minimum Gasteiger partial charge on any atom is -0.520 e. The number of rotatable bonds is 16. The molecule has 0 aromatic heterocycles. The van der Waals surface area contributed by atoms with E-state index in [-0.39, 0.29) is 5.97 Å². The Hall–Kier alpha value is -0.573. The van der Waals surface area contributed by atoms with Gasteiger partial charge in [-0.15, -0.1) is 0 Å². The summed E-state index contributed by atoms with van der Waals surface area (Å²) in [5.74, 6) is 0.0102. The van der Waals surface area contributed by atoms with E-state index in [1.807, 2.05) is 0 Å². The van der Waals surface area contributed by atoms with Gasteiger partial charge in [0.2, 0.25) is 8.32 Å². The smallest absolute Gasteiger partial charge is 0.292 e. The first kappa shape index (κ1) is 24.4. The molecular weight excluding hydrogens is 324 g/mol. The summed E-state index contributed by atoms with van der Waals surface area (Å²) in [5, 5.41) is 0. The van der Waals surface area contributed by atoms with E-state index in [9.17, 15) is 4.79 Å². The second-order valence-electron chi connectivity index (χ2n) is 8.46. The molecule has 0 radical (unpaired) electrons. The Morgan fingerprint density at radius 1 is 0.800 bits per heavy atom. The maximum Gasteiger partial charge on any atom is 0.292 e. The van der Waals surface area contributed by atoms with Crippen LogP contribution in [0.3, 0.4) is 0 Å². The van der Waals surface area contributed by atoms with Crippen molar-refractivity contribution in [3.63, 3.8) is 0 Å². The van der Waals surface area contributed by atoms with Gasteiger partial charge in [-0.2, -0.15) is 0 Å². The van der Waals surface area contributed by atoms with Crippen molar-refractivity contribution in [2.24, 2.45) is 0 Å². The summed E-state index contributed by atoms with van der Waals surface area (Å²) in [4.78, 5) is 11.6. The van der Waals surface area contributed by atoms with E-state index in [2.05, 4.69) is 39.6 Å². The highest BCUT2D eigenvalue weighted by Crippen LogP contribution is 2.14. The van der Waals surface area contributed by atoms with Gasteiger partial charge in [0.05, 0.1) is 0 Å². The van der Waals surface area contributed by atoms with Crippen LogP contribution < -0.4 is 0 Å². The van der Waals surface area contributed by atoms with E-state index in [1.165, 1.54) is 70.6 Å². The molecule has 0 fully saturated rings. The minimum atomic E-state index is -1.69. The van der Waals surface area contributed by atoms with Crippen molar-refractivity contribution in [3.8, 4) is 0 Å². The number of allylic oxidation sites excluding steroid dienone is 2. The normalized spacial score (nSPS) is 12.4. The van der Waals surface area contributed by atoms with Gasteiger partial charge in [0, 0.05) is 6.42 Å². The van der Waals surface area contributed by atoms with Gasteiger partial charge in [0.25, 0.3) is 5.97 Å². The van der Waals surface area contributed by atoms with Crippen molar-refractivity contribution >= 4 is 14.3 Å². The average Bonchev–Trinajstić information content (AvgIpc) is 2.51. The first-order valence-electron chi connectivity index (χ1n) is 10.7. The van der Waals surface area contributed by atoms with E-state index in [1.54, 1.807) is 5.57 Å². The number of hydrogen-bond acceptors (Lipinski definition) is 2. The summed E-state index contributed by atoms with van der Waals surface area (Å²) in [6.07, 6.45) is 19.8. The van der Waals surface area contributed by atoms with Crippen molar-refractivity contribution in [1.29, 1.82) is 0 Å². The predicted octanol–water partition coefficient (Wildman–Crippen LogP) is 7.79. The predicted molar refractivity (Wildman–Crippen MR) is 114 cm³/mol. The Morgan fingerprint density at radius 2 is 1.32 bits per heavy atom. The third-order valence-corrected chi connectivity index (χ3v) is 5.26. The van der Waals surface area contributed by atoms with Crippen molar-refractivity contribution in [1.82, 2.24) is 0 Å². The highest BCUT2D eigenvalue weighted by Gasteiger charge is 2.19. The first-order chi connectivity index (χ1) is 11.8. The zero-order valence-electron chi connectivity index (χ0n) is 17.8. The van der Waals surface area contributed by atoms with Crippen LogP contribution in [0.25, 0.3) is 0 Å². The highest BCUT2D eigenvalue weighted by atomic mass is 28.4. The molecule has 0 atom stereocenters. The molecule has 2 nitrogen and oxygen atoms in total. The van der Waals surface area contributed by atoms with Crippen LogP contribution in [0.2, 0.25) is 19.6 Å². The third-order valence-electron chi connectivity index (χ3n) is 4.42. The monoisotopic (exact) mass is 368 g/mol. The SMILES string of the molecule is CCCCCC/C(C)=C/CCCCCCCCCC(=O)O[Si](C)(C)C. The summed E-state index contributed by atoms with van der Waals surface area (Å²) in [6, 6.07) is 0. The molecule has 3 heteroatoms. The van der Waals surface area contributed by atoms with Gasteiger partial charge >= 0.3 is 0 Å². The number of carbonyl (C=O) groups excluding carboxylic acids is 1. The van der Waals surface area contributed by atoms with Crippen molar-refractivity contribution in [3.05, 3.63) is 11.6 Å². The molecule has 0 aromatic carbocycles. The lowest BCUT2D eigenvalue weighted by Crippen LogP contribution is -2.28. The molecule has 0 aliphatic heterocycles. The first-order valence-corrected chi connectivity index (χ1v) is 14.1. The fourth-order valence-corrected chi connectivity index (χ4v) is 3.76. The van der Waals surface area contributed by atoms with E-state index in [4.69, 9.17) is 4.43 Å². The van der Waals surface area contributed by atoms with Crippen LogP contribution in [0.5, 0.6) is 0 Å². The highest BCUT2D eigenvalue weighted by molar-refractivity contribution is 6.71. The van der Waals surface area contributed by atoms with Gasteiger partial charge in [-0.3, -0.25) is 4.79 Å². The summed E-state index contributed by atoms with van der Waals surface area (Å²) in [6.45, 7) is 10.8. The Labute approximate surface area is 158 Å². The topological polar surface area (TPSA) is 26.3 Å². The quantitative estimate of drug-likeness (QED) is 0.158. The summed E-state index contributed by atoms with van der Waals surface area (Å²) >= 11 is 0. The molecule has 148 valence electrons. The molecule has 25 heavy (non-hydrogen) atoms. The van der Waals surface area contributed by atoms with Gasteiger partial charge in [-0.05, 0) is 58.7 Å². The lowest BCUT2D eigenvalue weighted by Gasteiger charge is -2.17. The summed E-state index contributed by atoms with van der Waals surface area (Å²) in [5.41, 5.74) is 1.58. The van der Waals surface area contributed by atoms with E-state index in [0.29, 0.717) is 6.42 Å². The molecular formula is C22H44O2Si. The zero-order chi connectivity index (χ0) is 19.0. The van der Waals surface area contributed by atoms with Gasteiger partial charge in [0.1, 0.15) is 0 Å². The molecule has 0 heterocycles. The van der Waals surface area contributed by atoms with Gasteiger partial charge in [-0.25, -0.2) is 0 Å². The van der Waals surface area contributed by atoms with Gasteiger partial charge in [0.15, 0.2) is 0 Å². The maximum absolute atomic E-state index is 11.6. The lowest BCUT2D eigenvalue weighted by atomic mass is 10.0. The molecule has 0 N–H and O–H groups in total. The molecule has 0 unspecified atom stereocenters. The fourth-order valence-electron chi connectivity index (χ4n) is 2.97. The second-order valence-corrected chi connectivity index (χ2v) is 12.9. The largest absolute Gasteiger partial charge is 0.520 e. The summed E-state index contributed by atoms with van der Waals surface area (Å²) < 4.78 is 5.46. The number of hydrogen-bond donors (Lipinski definition) is 0. The number of unbranched alkanes of at least 4 members (excludes halogenated alkanes) is 10. The van der Waals surface area contributed by atoms with Crippen molar-refractivity contribution in [2.75, 3.05) is 0 Å². The molecule has 0 aliphatic rings. The van der Waals surface area contributed by atoms with Crippen LogP contribution in [0.1, 0.15) is 104 Å². The third kappa shape index (κ3) is 19.6. The Bertz CT molecular complexity index is 356. The Morgan fingerprint density at radius 3 is 1.92 bits per heavy atom. The van der Waals surface area contributed by atoms with Crippen LogP contribution in [-0.4, -0.2) is 14.3 Å². The minimum absolute atomic E-state index is 0.0102. The molecule has 0 saturated carbocycles. The fraction of sp³-hybridized carbons (Fsp3) is 0.864. The maximum atomic E-state index is 11.6. The van der Waals surface area contributed by atoms with E-state index < -0.39 is 8.32 Å². The molecule has 0 bridgehead atoms. The van der Waals surface area contributed by atoms with Crippen LogP contribution in [0.15, 0.2) is 11.6 Å². The van der Waals surface area contributed by atoms with E-state index >= 15 is 0 Å². The molecule has 0 spiro atoms. The molecule has 0 amide bonds. The van der Waals surface area contributed by atoms with Crippen LogP contribution in [0, 0.1) is 0 Å². The summed E-state index contributed by atoms with van der Waals surface area (Å²) in [7, 11) is -1.69. The second kappa shape index (κ2) is 15.7. The average molecular weight is 369 g/mol. The molecule has 0 saturated heterocycles.